The first-order chi connectivity index (χ1) is 15.8. The molecule has 4 aromatic rings. The minimum atomic E-state index is -2.59. The number of rotatable bonds is 4. The summed E-state index contributed by atoms with van der Waals surface area (Å²) in [5, 5.41) is 15.1. The molecule has 1 saturated heterocycles. The highest BCUT2D eigenvalue weighted by molar-refractivity contribution is 6.00. The number of para-hydroxylation sites is 1. The molecule has 0 bridgehead atoms. The van der Waals surface area contributed by atoms with E-state index in [1.165, 1.54) is 0 Å². The minimum absolute atomic E-state index is 0.0723. The number of hydrogen-bond acceptors (Lipinski definition) is 4. The Hall–Kier alpha value is -3.81. The summed E-state index contributed by atoms with van der Waals surface area (Å²) in [6.07, 6.45) is -0.306. The summed E-state index contributed by atoms with van der Waals surface area (Å²) < 4.78 is 28.7. The molecule has 2 aromatic carbocycles. The molecule has 0 saturated carbocycles. The van der Waals surface area contributed by atoms with Crippen molar-refractivity contribution in [3.05, 3.63) is 72.1 Å². The SMILES string of the molecule is Cc1nn(-c2ccccc2)c2nc(C(=O)O)cc(-c3ccc(N4CCC(F)(F)CC4)cc3)c12. The molecular formula is C25H22F2N4O2. The molecule has 33 heavy (non-hydrogen) atoms. The summed E-state index contributed by atoms with van der Waals surface area (Å²) in [6.45, 7) is 2.48. The third-order valence-corrected chi connectivity index (χ3v) is 6.07. The third kappa shape index (κ3) is 3.92. The second-order valence-electron chi connectivity index (χ2n) is 8.28. The van der Waals surface area contributed by atoms with Crippen molar-refractivity contribution in [3.63, 3.8) is 0 Å². The van der Waals surface area contributed by atoms with E-state index in [1.807, 2.05) is 66.4 Å². The number of hydrogen-bond donors (Lipinski definition) is 1. The van der Waals surface area contributed by atoms with Crippen LogP contribution in [0.2, 0.25) is 0 Å². The fraction of sp³-hybridized carbons (Fsp3) is 0.240. The van der Waals surface area contributed by atoms with Gasteiger partial charge in [-0.25, -0.2) is 23.2 Å². The zero-order valence-electron chi connectivity index (χ0n) is 18.0. The summed E-state index contributed by atoms with van der Waals surface area (Å²) >= 11 is 0. The number of halogens is 2. The van der Waals surface area contributed by atoms with Crippen LogP contribution < -0.4 is 4.90 Å². The molecule has 5 rings (SSSR count). The van der Waals surface area contributed by atoms with Crippen LogP contribution in [0.25, 0.3) is 27.8 Å². The third-order valence-electron chi connectivity index (χ3n) is 6.07. The largest absolute Gasteiger partial charge is 0.477 e. The Morgan fingerprint density at radius 2 is 1.67 bits per heavy atom. The molecule has 3 heterocycles. The number of carboxylic acid groups (broad SMARTS) is 1. The van der Waals surface area contributed by atoms with Gasteiger partial charge in [-0.2, -0.15) is 5.10 Å². The first-order valence-electron chi connectivity index (χ1n) is 10.7. The van der Waals surface area contributed by atoms with Crippen LogP contribution >= 0.6 is 0 Å². The molecule has 168 valence electrons. The van der Waals surface area contributed by atoms with Crippen LogP contribution in [-0.2, 0) is 0 Å². The van der Waals surface area contributed by atoms with E-state index in [2.05, 4.69) is 10.1 Å². The first kappa shape index (κ1) is 21.1. The van der Waals surface area contributed by atoms with Gasteiger partial charge in [-0.15, -0.1) is 0 Å². The van der Waals surface area contributed by atoms with E-state index in [0.717, 1.165) is 28.0 Å². The van der Waals surface area contributed by atoms with Crippen LogP contribution in [0.15, 0.2) is 60.7 Å². The Morgan fingerprint density at radius 1 is 1.00 bits per heavy atom. The van der Waals surface area contributed by atoms with Crippen LogP contribution in [0.3, 0.4) is 0 Å². The van der Waals surface area contributed by atoms with Crippen molar-refractivity contribution >= 4 is 22.7 Å². The number of aromatic carboxylic acids is 1. The standard InChI is InChI=1S/C25H22F2N4O2/c1-16-22-20(17-7-9-18(10-8-17)30-13-11-25(26,27)12-14-30)15-21(24(32)33)28-23(22)31(29-16)19-5-3-2-4-6-19/h2-10,15H,11-14H2,1H3,(H,32,33). The van der Waals surface area contributed by atoms with Gasteiger partial charge in [0.25, 0.3) is 5.92 Å². The fourth-order valence-electron chi connectivity index (χ4n) is 4.32. The highest BCUT2D eigenvalue weighted by Gasteiger charge is 2.34. The van der Waals surface area contributed by atoms with Crippen LogP contribution in [0.1, 0.15) is 29.0 Å². The van der Waals surface area contributed by atoms with Gasteiger partial charge < -0.3 is 10.0 Å². The molecule has 0 spiro atoms. The van der Waals surface area contributed by atoms with Gasteiger partial charge in [0.2, 0.25) is 0 Å². The Labute approximate surface area is 189 Å². The Morgan fingerprint density at radius 3 is 2.30 bits per heavy atom. The first-order valence-corrected chi connectivity index (χ1v) is 10.7. The van der Waals surface area contributed by atoms with Gasteiger partial charge >= 0.3 is 5.97 Å². The average molecular weight is 448 g/mol. The number of nitrogens with zero attached hydrogens (tertiary/aromatic N) is 4. The van der Waals surface area contributed by atoms with Crippen molar-refractivity contribution in [2.45, 2.75) is 25.7 Å². The number of fused-ring (bicyclic) bond motifs is 1. The fourth-order valence-corrected chi connectivity index (χ4v) is 4.32. The molecule has 8 heteroatoms. The molecule has 0 atom stereocenters. The number of pyridine rings is 1. The summed E-state index contributed by atoms with van der Waals surface area (Å²) in [4.78, 5) is 18.2. The van der Waals surface area contributed by atoms with Gasteiger partial charge in [-0.05, 0) is 48.4 Å². The molecule has 0 radical (unpaired) electrons. The van der Waals surface area contributed by atoms with E-state index in [-0.39, 0.29) is 18.5 Å². The summed E-state index contributed by atoms with van der Waals surface area (Å²) in [6, 6.07) is 18.6. The zero-order valence-corrected chi connectivity index (χ0v) is 18.0. The molecule has 6 nitrogen and oxygen atoms in total. The number of piperidine rings is 1. The Bertz CT molecular complexity index is 1320. The van der Waals surface area contributed by atoms with Gasteiger partial charge in [-0.1, -0.05) is 30.3 Å². The minimum Gasteiger partial charge on any atom is -0.477 e. The van der Waals surface area contributed by atoms with Gasteiger partial charge in [-0.3, -0.25) is 0 Å². The smallest absolute Gasteiger partial charge is 0.354 e. The molecule has 0 unspecified atom stereocenters. The number of carbonyl (C=O) groups is 1. The van der Waals surface area contributed by atoms with E-state index >= 15 is 0 Å². The maximum Gasteiger partial charge on any atom is 0.354 e. The molecular weight excluding hydrogens is 426 g/mol. The lowest BCUT2D eigenvalue weighted by Gasteiger charge is -2.33. The van der Waals surface area contributed by atoms with Crippen LogP contribution in [-0.4, -0.2) is 44.9 Å². The lowest BCUT2D eigenvalue weighted by Crippen LogP contribution is -2.39. The predicted octanol–water partition coefficient (Wildman–Crippen LogP) is 5.33. The van der Waals surface area contributed by atoms with Gasteiger partial charge in [0, 0.05) is 31.6 Å². The molecule has 1 N–H and O–H groups in total. The van der Waals surface area contributed by atoms with Crippen LogP contribution in [0, 0.1) is 6.92 Å². The quantitative estimate of drug-likeness (QED) is 0.457. The highest BCUT2D eigenvalue weighted by Crippen LogP contribution is 2.35. The van der Waals surface area contributed by atoms with Crippen molar-refractivity contribution in [1.82, 2.24) is 14.8 Å². The zero-order chi connectivity index (χ0) is 23.2. The topological polar surface area (TPSA) is 71.2 Å². The lowest BCUT2D eigenvalue weighted by atomic mass is 10.00. The predicted molar refractivity (Wildman–Crippen MR) is 122 cm³/mol. The summed E-state index contributed by atoms with van der Waals surface area (Å²) in [5.74, 6) is -3.72. The number of anilines is 1. The number of aromatic nitrogens is 3. The van der Waals surface area contributed by atoms with E-state index in [9.17, 15) is 18.7 Å². The number of benzene rings is 2. The van der Waals surface area contributed by atoms with E-state index in [4.69, 9.17) is 0 Å². The van der Waals surface area contributed by atoms with Crippen molar-refractivity contribution in [3.8, 4) is 16.8 Å². The average Bonchev–Trinajstić information content (AvgIpc) is 3.16. The molecule has 1 aliphatic heterocycles. The molecule has 0 aliphatic carbocycles. The monoisotopic (exact) mass is 448 g/mol. The van der Waals surface area contributed by atoms with Crippen molar-refractivity contribution in [2.24, 2.45) is 0 Å². The van der Waals surface area contributed by atoms with E-state index < -0.39 is 11.9 Å². The maximum absolute atomic E-state index is 13.5. The van der Waals surface area contributed by atoms with Gasteiger partial charge in [0.15, 0.2) is 11.3 Å². The van der Waals surface area contributed by atoms with Crippen molar-refractivity contribution in [2.75, 3.05) is 18.0 Å². The molecule has 1 fully saturated rings. The van der Waals surface area contributed by atoms with Crippen LogP contribution in [0.4, 0.5) is 14.5 Å². The summed E-state index contributed by atoms with van der Waals surface area (Å²) in [7, 11) is 0. The molecule has 1 aliphatic rings. The van der Waals surface area contributed by atoms with E-state index in [1.54, 1.807) is 10.7 Å². The Kier molecular flexibility index (Phi) is 5.08. The van der Waals surface area contributed by atoms with Crippen molar-refractivity contribution < 1.29 is 18.7 Å². The number of alkyl halides is 2. The number of aryl methyl sites for hydroxylation is 1. The lowest BCUT2D eigenvalue weighted by molar-refractivity contribution is -0.0220. The normalized spacial score (nSPS) is 15.7. The second kappa shape index (κ2) is 7.95. The molecule has 0 amide bonds. The van der Waals surface area contributed by atoms with Crippen LogP contribution in [0.5, 0.6) is 0 Å². The van der Waals surface area contributed by atoms with Crippen molar-refractivity contribution in [1.29, 1.82) is 0 Å². The molecule has 2 aromatic heterocycles. The maximum atomic E-state index is 13.5. The summed E-state index contributed by atoms with van der Waals surface area (Å²) in [5.41, 5.74) is 4.31. The van der Waals surface area contributed by atoms with Gasteiger partial charge in [0.05, 0.1) is 16.8 Å². The highest BCUT2D eigenvalue weighted by atomic mass is 19.3. The Balaban J connectivity index is 1.59. The van der Waals surface area contributed by atoms with E-state index in [0.29, 0.717) is 24.3 Å². The number of carboxylic acids is 1. The second-order valence-corrected chi connectivity index (χ2v) is 8.28. The van der Waals surface area contributed by atoms with Gasteiger partial charge in [0.1, 0.15) is 0 Å².